The van der Waals surface area contributed by atoms with Crippen LogP contribution < -0.4 is 5.69 Å². The lowest BCUT2D eigenvalue weighted by atomic mass is 9.45. The molecule has 3 unspecified atom stereocenters. The molecule has 3 fully saturated rings. The maximum Gasteiger partial charge on any atom is 0.326 e. The van der Waals surface area contributed by atoms with Gasteiger partial charge in [0.1, 0.15) is 5.82 Å². The van der Waals surface area contributed by atoms with Crippen LogP contribution in [0.3, 0.4) is 0 Å². The fourth-order valence-electron chi connectivity index (χ4n) is 6.47. The van der Waals surface area contributed by atoms with Crippen molar-refractivity contribution in [3.63, 3.8) is 0 Å². The van der Waals surface area contributed by atoms with Gasteiger partial charge in [-0.15, -0.1) is 0 Å². The molecule has 2 saturated carbocycles. The summed E-state index contributed by atoms with van der Waals surface area (Å²) in [7, 11) is 1.95. The molecule has 7 heteroatoms. The average molecular weight is 443 g/mol. The first-order valence-corrected chi connectivity index (χ1v) is 12.1. The van der Waals surface area contributed by atoms with Gasteiger partial charge in [0.2, 0.25) is 5.91 Å². The second-order valence-electron chi connectivity index (χ2n) is 10.6. The minimum absolute atomic E-state index is 0.0253. The van der Waals surface area contributed by atoms with Gasteiger partial charge in [0.25, 0.3) is 0 Å². The van der Waals surface area contributed by atoms with Gasteiger partial charge >= 0.3 is 5.69 Å². The molecule has 1 spiro atoms. The topological polar surface area (TPSA) is 61.3 Å². The van der Waals surface area contributed by atoms with E-state index in [4.69, 9.17) is 0 Å². The lowest BCUT2D eigenvalue weighted by Gasteiger charge is -2.61. The Labute approximate surface area is 188 Å². The van der Waals surface area contributed by atoms with E-state index in [-0.39, 0.29) is 23.5 Å². The zero-order valence-corrected chi connectivity index (χ0v) is 19.5. The van der Waals surface area contributed by atoms with Crippen molar-refractivity contribution in [3.8, 4) is 0 Å². The number of carbonyl (C=O) groups excluding carboxylic acids is 1. The van der Waals surface area contributed by atoms with Gasteiger partial charge in [-0.2, -0.15) is 0 Å². The summed E-state index contributed by atoms with van der Waals surface area (Å²) in [6.07, 6.45) is 6.84. The molecule has 1 aliphatic heterocycles. The van der Waals surface area contributed by atoms with E-state index in [1.165, 1.54) is 31.7 Å². The van der Waals surface area contributed by atoms with E-state index in [9.17, 15) is 14.0 Å². The monoisotopic (exact) mass is 442 g/mol. The number of piperidine rings is 1. The number of hydrogen-bond donors (Lipinski definition) is 1. The fraction of sp³-hybridized carbons (Fsp3) is 0.680. The minimum atomic E-state index is -0.291. The summed E-state index contributed by atoms with van der Waals surface area (Å²) in [5, 5.41) is 0. The average Bonchev–Trinajstić information content (AvgIpc) is 3.05. The first-order valence-electron chi connectivity index (χ1n) is 12.1. The number of likely N-dealkylation sites (tertiary alicyclic amines) is 1. The second-order valence-corrected chi connectivity index (χ2v) is 10.6. The van der Waals surface area contributed by atoms with Crippen molar-refractivity contribution >= 4 is 16.9 Å². The number of aromatic amines is 1. The van der Waals surface area contributed by atoms with E-state index in [1.54, 1.807) is 17.6 Å². The number of rotatable bonds is 5. The largest absolute Gasteiger partial charge is 0.344 e. The molecule has 1 aromatic carbocycles. The van der Waals surface area contributed by atoms with Gasteiger partial charge in [-0.25, -0.2) is 9.18 Å². The predicted molar refractivity (Wildman–Crippen MR) is 123 cm³/mol. The summed E-state index contributed by atoms with van der Waals surface area (Å²) in [4.78, 5) is 32.4. The number of halogens is 1. The molecule has 2 heterocycles. The van der Waals surface area contributed by atoms with E-state index >= 15 is 0 Å². The standard InChI is InChI=1S/C25H35FN4O2/c1-16-12-21-22(13-20(16)26)30(24(32)27-21)19-6-10-29(11-7-19)15-23(31)28(3)14-18-5-9-25(18)8-4-17(25)2/h12-13,17-19H,4-11,14-15H2,1-3H3,(H,27,32). The van der Waals surface area contributed by atoms with Crippen molar-refractivity contribution in [2.75, 3.05) is 33.2 Å². The zero-order valence-electron chi connectivity index (χ0n) is 19.5. The molecule has 3 atom stereocenters. The molecule has 1 amide bonds. The van der Waals surface area contributed by atoms with Crippen LogP contribution in [0.4, 0.5) is 4.39 Å². The van der Waals surface area contributed by atoms with Crippen LogP contribution in [0.1, 0.15) is 57.1 Å². The van der Waals surface area contributed by atoms with Crippen molar-refractivity contribution in [2.45, 2.75) is 58.4 Å². The van der Waals surface area contributed by atoms with E-state index in [2.05, 4.69) is 16.8 Å². The number of fused-ring (bicyclic) bond motifs is 1. The second kappa shape index (κ2) is 8.01. The molecular weight excluding hydrogens is 407 g/mol. The summed E-state index contributed by atoms with van der Waals surface area (Å²) in [6.45, 7) is 6.93. The number of nitrogens with zero attached hydrogens (tertiary/aromatic N) is 3. The number of aryl methyl sites for hydroxylation is 1. The van der Waals surface area contributed by atoms with Crippen LogP contribution in [0.25, 0.3) is 11.0 Å². The summed E-state index contributed by atoms with van der Waals surface area (Å²) < 4.78 is 15.8. The van der Waals surface area contributed by atoms with Crippen molar-refractivity contribution in [2.24, 2.45) is 17.3 Å². The van der Waals surface area contributed by atoms with E-state index in [0.29, 0.717) is 34.5 Å². The van der Waals surface area contributed by atoms with Gasteiger partial charge in [-0.3, -0.25) is 14.3 Å². The van der Waals surface area contributed by atoms with Crippen LogP contribution >= 0.6 is 0 Å². The highest BCUT2D eigenvalue weighted by Gasteiger charge is 2.55. The Morgan fingerprint density at radius 2 is 1.94 bits per heavy atom. The Morgan fingerprint density at radius 1 is 1.22 bits per heavy atom. The number of benzene rings is 1. The molecule has 6 nitrogen and oxygen atoms in total. The van der Waals surface area contributed by atoms with Gasteiger partial charge < -0.3 is 9.88 Å². The summed E-state index contributed by atoms with van der Waals surface area (Å²) in [5.74, 6) is 1.39. The highest BCUT2D eigenvalue weighted by molar-refractivity contribution is 5.78. The molecule has 0 radical (unpaired) electrons. The van der Waals surface area contributed by atoms with Crippen LogP contribution in [0.5, 0.6) is 0 Å². The van der Waals surface area contributed by atoms with Crippen molar-refractivity contribution in [3.05, 3.63) is 34.0 Å². The van der Waals surface area contributed by atoms with Crippen molar-refractivity contribution in [1.82, 2.24) is 19.4 Å². The molecule has 5 rings (SSSR count). The van der Waals surface area contributed by atoms with Crippen LogP contribution in [0.2, 0.25) is 0 Å². The highest BCUT2D eigenvalue weighted by Crippen LogP contribution is 2.63. The number of nitrogens with one attached hydrogen (secondary N) is 1. The first kappa shape index (κ1) is 21.7. The van der Waals surface area contributed by atoms with E-state index in [1.807, 2.05) is 11.9 Å². The minimum Gasteiger partial charge on any atom is -0.344 e. The van der Waals surface area contributed by atoms with Crippen LogP contribution in [-0.2, 0) is 4.79 Å². The van der Waals surface area contributed by atoms with Crippen molar-refractivity contribution < 1.29 is 9.18 Å². The summed E-state index contributed by atoms with van der Waals surface area (Å²) in [6, 6.07) is 3.18. The Hall–Kier alpha value is -2.15. The maximum atomic E-state index is 14.1. The highest BCUT2D eigenvalue weighted by atomic mass is 19.1. The van der Waals surface area contributed by atoms with Gasteiger partial charge in [-0.1, -0.05) is 6.92 Å². The molecule has 1 saturated heterocycles. The number of hydrogen-bond acceptors (Lipinski definition) is 3. The van der Waals surface area contributed by atoms with E-state index < -0.39 is 0 Å². The molecule has 1 aromatic heterocycles. The van der Waals surface area contributed by atoms with Gasteiger partial charge in [0.05, 0.1) is 17.6 Å². The Morgan fingerprint density at radius 3 is 2.53 bits per heavy atom. The number of imidazole rings is 1. The quantitative estimate of drug-likeness (QED) is 0.768. The lowest BCUT2D eigenvalue weighted by Crippen LogP contribution is -2.56. The zero-order chi connectivity index (χ0) is 22.6. The molecule has 2 aromatic rings. The smallest absolute Gasteiger partial charge is 0.326 e. The third-order valence-corrected chi connectivity index (χ3v) is 8.99. The summed E-state index contributed by atoms with van der Waals surface area (Å²) in [5.41, 5.74) is 2.19. The van der Waals surface area contributed by atoms with Gasteiger partial charge in [0.15, 0.2) is 0 Å². The third kappa shape index (κ3) is 3.49. The lowest BCUT2D eigenvalue weighted by molar-refractivity contribution is -0.141. The van der Waals surface area contributed by atoms with Gasteiger partial charge in [0, 0.05) is 38.8 Å². The molecule has 3 aliphatic rings. The number of H-pyrrole nitrogens is 1. The maximum absolute atomic E-state index is 14.1. The van der Waals surface area contributed by atoms with Crippen LogP contribution in [-0.4, -0.2) is 58.5 Å². The summed E-state index contributed by atoms with van der Waals surface area (Å²) >= 11 is 0. The molecule has 174 valence electrons. The van der Waals surface area contributed by atoms with Crippen LogP contribution in [0.15, 0.2) is 16.9 Å². The van der Waals surface area contributed by atoms with E-state index in [0.717, 1.165) is 38.4 Å². The Balaban J connectivity index is 1.17. The third-order valence-electron chi connectivity index (χ3n) is 8.99. The molecule has 0 bridgehead atoms. The molecule has 1 N–H and O–H groups in total. The van der Waals surface area contributed by atoms with Crippen LogP contribution in [0, 0.1) is 30.0 Å². The molecule has 32 heavy (non-hydrogen) atoms. The molecule has 2 aliphatic carbocycles. The number of likely N-dealkylation sites (N-methyl/N-ethyl adjacent to an activating group) is 1. The SMILES string of the molecule is Cc1cc2[nH]c(=O)n(C3CCN(CC(=O)N(C)CC4CCC45CCC5C)CC3)c2cc1F. The first-order chi connectivity index (χ1) is 15.3. The Bertz CT molecular complexity index is 1080. The predicted octanol–water partition coefficient (Wildman–Crippen LogP) is 3.70. The Kier molecular flexibility index (Phi) is 5.43. The molecular formula is C25H35FN4O2. The number of carbonyl (C=O) groups is 1. The number of aromatic nitrogens is 2. The normalized spacial score (nSPS) is 28.6. The van der Waals surface area contributed by atoms with Gasteiger partial charge in [-0.05, 0) is 74.3 Å². The number of amides is 1. The van der Waals surface area contributed by atoms with Crippen molar-refractivity contribution in [1.29, 1.82) is 0 Å². The fourth-order valence-corrected chi connectivity index (χ4v) is 6.47.